The largest absolute Gasteiger partial charge is 0.367 e. The van der Waals surface area contributed by atoms with Crippen LogP contribution in [-0.4, -0.2) is 31.1 Å². The van der Waals surface area contributed by atoms with Crippen molar-refractivity contribution in [2.24, 2.45) is 0 Å². The normalized spacial score (nSPS) is 16.8. The van der Waals surface area contributed by atoms with Gasteiger partial charge in [-0.25, -0.2) is 0 Å². The molecule has 0 saturated carbocycles. The van der Waals surface area contributed by atoms with Gasteiger partial charge >= 0.3 is 0 Å². The summed E-state index contributed by atoms with van der Waals surface area (Å²) in [5.74, 6) is 0. The van der Waals surface area contributed by atoms with Crippen molar-refractivity contribution in [2.75, 3.05) is 26.2 Å². The van der Waals surface area contributed by atoms with E-state index in [9.17, 15) is 0 Å². The highest BCUT2D eigenvalue weighted by molar-refractivity contribution is 6.30. The smallest absolute Gasteiger partial charge is 0.108 e. The molecule has 1 fully saturated rings. The van der Waals surface area contributed by atoms with E-state index in [2.05, 4.69) is 41.3 Å². The second-order valence-electron chi connectivity index (χ2n) is 5.76. The number of hydrogen-bond donors (Lipinski definition) is 0. The average molecular weight is 316 g/mol. The molecule has 3 heteroatoms. The molecule has 0 bridgehead atoms. The molecule has 22 heavy (non-hydrogen) atoms. The SMILES string of the molecule is Clc1ccc([C@H](OCCN2CCCC2)c2ccccc2)cc1. The molecule has 1 aliphatic heterocycles. The van der Waals surface area contributed by atoms with E-state index in [0.29, 0.717) is 0 Å². The molecule has 116 valence electrons. The van der Waals surface area contributed by atoms with Gasteiger partial charge < -0.3 is 9.64 Å². The topological polar surface area (TPSA) is 12.5 Å². The molecule has 0 unspecified atom stereocenters. The van der Waals surface area contributed by atoms with Crippen LogP contribution >= 0.6 is 11.6 Å². The number of halogens is 1. The van der Waals surface area contributed by atoms with Gasteiger partial charge in [0, 0.05) is 11.6 Å². The highest BCUT2D eigenvalue weighted by atomic mass is 35.5. The zero-order valence-corrected chi connectivity index (χ0v) is 13.5. The van der Waals surface area contributed by atoms with E-state index in [1.54, 1.807) is 0 Å². The molecule has 0 N–H and O–H groups in total. The maximum absolute atomic E-state index is 6.23. The van der Waals surface area contributed by atoms with Gasteiger partial charge in [-0.15, -0.1) is 0 Å². The quantitative estimate of drug-likeness (QED) is 0.776. The van der Waals surface area contributed by atoms with Gasteiger partial charge in [-0.1, -0.05) is 54.1 Å². The zero-order valence-electron chi connectivity index (χ0n) is 12.7. The van der Waals surface area contributed by atoms with Crippen molar-refractivity contribution in [1.29, 1.82) is 0 Å². The van der Waals surface area contributed by atoms with Crippen LogP contribution in [0.1, 0.15) is 30.1 Å². The lowest BCUT2D eigenvalue weighted by Crippen LogP contribution is -2.25. The van der Waals surface area contributed by atoms with Gasteiger partial charge in [-0.3, -0.25) is 0 Å². The minimum atomic E-state index is -0.0268. The lowest BCUT2D eigenvalue weighted by molar-refractivity contribution is 0.0644. The Hall–Kier alpha value is -1.35. The molecular weight excluding hydrogens is 294 g/mol. The van der Waals surface area contributed by atoms with Gasteiger partial charge in [0.15, 0.2) is 0 Å². The third-order valence-electron chi connectivity index (χ3n) is 4.17. The molecule has 2 nitrogen and oxygen atoms in total. The molecule has 0 spiro atoms. The van der Waals surface area contributed by atoms with Crippen LogP contribution in [-0.2, 0) is 4.74 Å². The fraction of sp³-hybridized carbons (Fsp3) is 0.368. The van der Waals surface area contributed by atoms with E-state index in [1.165, 1.54) is 31.5 Å². The second-order valence-corrected chi connectivity index (χ2v) is 6.20. The van der Waals surface area contributed by atoms with E-state index < -0.39 is 0 Å². The van der Waals surface area contributed by atoms with Crippen LogP contribution < -0.4 is 0 Å². The molecule has 2 aromatic rings. The highest BCUT2D eigenvalue weighted by Gasteiger charge is 2.16. The van der Waals surface area contributed by atoms with Crippen LogP contribution in [0, 0.1) is 0 Å². The summed E-state index contributed by atoms with van der Waals surface area (Å²) in [5.41, 5.74) is 2.34. The summed E-state index contributed by atoms with van der Waals surface area (Å²) in [6.07, 6.45) is 2.61. The molecule has 0 radical (unpaired) electrons. The predicted octanol–water partition coefficient (Wildman–Crippen LogP) is 4.54. The molecule has 1 saturated heterocycles. The minimum absolute atomic E-state index is 0.0268. The van der Waals surface area contributed by atoms with Crippen LogP contribution in [0.2, 0.25) is 5.02 Å². The predicted molar refractivity (Wildman–Crippen MR) is 91.4 cm³/mol. The summed E-state index contributed by atoms with van der Waals surface area (Å²) in [7, 11) is 0. The average Bonchev–Trinajstić information content (AvgIpc) is 3.07. The highest BCUT2D eigenvalue weighted by Crippen LogP contribution is 2.27. The molecule has 3 rings (SSSR count). The first-order chi connectivity index (χ1) is 10.8. The number of hydrogen-bond acceptors (Lipinski definition) is 2. The Morgan fingerprint density at radius 3 is 2.23 bits per heavy atom. The van der Waals surface area contributed by atoms with Gasteiger partial charge in [-0.2, -0.15) is 0 Å². The number of ether oxygens (including phenoxy) is 1. The van der Waals surface area contributed by atoms with Crippen molar-refractivity contribution < 1.29 is 4.74 Å². The lowest BCUT2D eigenvalue weighted by atomic mass is 10.0. The fourth-order valence-electron chi connectivity index (χ4n) is 2.96. The summed E-state index contributed by atoms with van der Waals surface area (Å²) in [6, 6.07) is 18.3. The first-order valence-corrected chi connectivity index (χ1v) is 8.35. The number of nitrogens with zero attached hydrogens (tertiary/aromatic N) is 1. The summed E-state index contributed by atoms with van der Waals surface area (Å²) >= 11 is 6.01. The summed E-state index contributed by atoms with van der Waals surface area (Å²) in [5, 5.41) is 0.757. The first-order valence-electron chi connectivity index (χ1n) is 7.97. The minimum Gasteiger partial charge on any atom is -0.367 e. The Labute approximate surface area is 137 Å². The second kappa shape index (κ2) is 7.77. The van der Waals surface area contributed by atoms with E-state index >= 15 is 0 Å². The molecule has 0 amide bonds. The molecule has 1 heterocycles. The van der Waals surface area contributed by atoms with Crippen molar-refractivity contribution in [3.63, 3.8) is 0 Å². The van der Waals surface area contributed by atoms with Crippen LogP contribution in [0.15, 0.2) is 54.6 Å². The van der Waals surface area contributed by atoms with Gasteiger partial charge in [0.25, 0.3) is 0 Å². The standard InChI is InChI=1S/C19H22ClNO/c20-18-10-8-17(9-11-18)19(16-6-2-1-3-7-16)22-15-14-21-12-4-5-13-21/h1-3,6-11,19H,4-5,12-15H2/t19-/m1/s1. The number of likely N-dealkylation sites (tertiary alicyclic amines) is 1. The van der Waals surface area contributed by atoms with Gasteiger partial charge in [-0.05, 0) is 49.2 Å². The fourth-order valence-corrected chi connectivity index (χ4v) is 3.08. The van der Waals surface area contributed by atoms with Crippen molar-refractivity contribution >= 4 is 11.6 Å². The van der Waals surface area contributed by atoms with Crippen LogP contribution in [0.25, 0.3) is 0 Å². The maximum Gasteiger partial charge on any atom is 0.108 e. The zero-order chi connectivity index (χ0) is 15.2. The Morgan fingerprint density at radius 1 is 0.909 bits per heavy atom. The first kappa shape index (κ1) is 15.5. The molecule has 0 aromatic heterocycles. The Kier molecular flexibility index (Phi) is 5.49. The Balaban J connectivity index is 1.70. The van der Waals surface area contributed by atoms with Crippen LogP contribution in [0.4, 0.5) is 0 Å². The van der Waals surface area contributed by atoms with Crippen molar-refractivity contribution in [2.45, 2.75) is 18.9 Å². The van der Waals surface area contributed by atoms with Gasteiger partial charge in [0.1, 0.15) is 6.10 Å². The lowest BCUT2D eigenvalue weighted by Gasteiger charge is -2.21. The Morgan fingerprint density at radius 2 is 1.55 bits per heavy atom. The van der Waals surface area contributed by atoms with E-state index in [4.69, 9.17) is 16.3 Å². The summed E-state index contributed by atoms with van der Waals surface area (Å²) in [4.78, 5) is 2.48. The maximum atomic E-state index is 6.23. The molecule has 1 atom stereocenters. The van der Waals surface area contributed by atoms with E-state index in [1.807, 2.05) is 18.2 Å². The molecule has 2 aromatic carbocycles. The van der Waals surface area contributed by atoms with E-state index in [-0.39, 0.29) is 6.10 Å². The molecule has 0 aliphatic carbocycles. The van der Waals surface area contributed by atoms with Crippen molar-refractivity contribution in [3.05, 3.63) is 70.7 Å². The van der Waals surface area contributed by atoms with Crippen LogP contribution in [0.3, 0.4) is 0 Å². The number of benzene rings is 2. The monoisotopic (exact) mass is 315 g/mol. The van der Waals surface area contributed by atoms with Gasteiger partial charge in [0.2, 0.25) is 0 Å². The van der Waals surface area contributed by atoms with Crippen molar-refractivity contribution in [1.82, 2.24) is 4.90 Å². The third-order valence-corrected chi connectivity index (χ3v) is 4.42. The van der Waals surface area contributed by atoms with Crippen LogP contribution in [0.5, 0.6) is 0 Å². The summed E-state index contributed by atoms with van der Waals surface area (Å²) in [6.45, 7) is 4.18. The van der Waals surface area contributed by atoms with Gasteiger partial charge in [0.05, 0.1) is 6.61 Å². The third kappa shape index (κ3) is 4.10. The van der Waals surface area contributed by atoms with Crippen molar-refractivity contribution in [3.8, 4) is 0 Å². The Bertz CT molecular complexity index is 564. The number of rotatable bonds is 6. The van der Waals surface area contributed by atoms with E-state index in [0.717, 1.165) is 23.7 Å². The summed E-state index contributed by atoms with van der Waals surface area (Å²) < 4.78 is 6.23. The molecule has 1 aliphatic rings. The molecular formula is C19H22ClNO.